The summed E-state index contributed by atoms with van der Waals surface area (Å²) in [7, 11) is 0. The van der Waals surface area contributed by atoms with Gasteiger partial charge in [-0.1, -0.05) is 37.3 Å². The normalized spacial score (nSPS) is 13.3. The summed E-state index contributed by atoms with van der Waals surface area (Å²) in [4.78, 5) is 23.2. The molecule has 0 fully saturated rings. The molecule has 0 heterocycles. The molecule has 2 atom stereocenters. The zero-order chi connectivity index (χ0) is 15.7. The van der Waals surface area contributed by atoms with E-state index in [0.717, 1.165) is 0 Å². The number of esters is 1. The van der Waals surface area contributed by atoms with Crippen molar-refractivity contribution in [1.29, 1.82) is 0 Å². The standard InChI is InChI=1S/C16H23NO3S/c1-4-20-15(18)11-21-13(3)16(19)17-10-12(2)14-8-6-5-7-9-14/h5-9,12-13H,4,10-11H2,1-3H3,(H,17,19). The van der Waals surface area contributed by atoms with Gasteiger partial charge in [0, 0.05) is 6.54 Å². The van der Waals surface area contributed by atoms with E-state index in [2.05, 4.69) is 24.4 Å². The van der Waals surface area contributed by atoms with Crippen molar-refractivity contribution in [3.63, 3.8) is 0 Å². The molecule has 1 N–H and O–H groups in total. The third kappa shape index (κ3) is 6.67. The molecule has 0 aromatic heterocycles. The highest BCUT2D eigenvalue weighted by molar-refractivity contribution is 8.01. The first-order chi connectivity index (χ1) is 10.0. The van der Waals surface area contributed by atoms with Crippen LogP contribution in [0.3, 0.4) is 0 Å². The van der Waals surface area contributed by atoms with Crippen molar-refractivity contribution in [3.8, 4) is 0 Å². The average Bonchev–Trinajstić information content (AvgIpc) is 2.51. The molecule has 1 aromatic rings. The summed E-state index contributed by atoms with van der Waals surface area (Å²) in [6, 6.07) is 10.1. The number of rotatable bonds is 8. The van der Waals surface area contributed by atoms with E-state index < -0.39 is 0 Å². The van der Waals surface area contributed by atoms with Gasteiger partial charge in [-0.25, -0.2) is 0 Å². The number of thioether (sulfide) groups is 1. The highest BCUT2D eigenvalue weighted by Gasteiger charge is 2.16. The zero-order valence-electron chi connectivity index (χ0n) is 12.8. The van der Waals surface area contributed by atoms with Gasteiger partial charge < -0.3 is 10.1 Å². The van der Waals surface area contributed by atoms with Gasteiger partial charge in [-0.15, -0.1) is 11.8 Å². The largest absolute Gasteiger partial charge is 0.465 e. The SMILES string of the molecule is CCOC(=O)CSC(C)C(=O)NCC(C)c1ccccc1. The fraction of sp³-hybridized carbons (Fsp3) is 0.500. The van der Waals surface area contributed by atoms with Crippen LogP contribution in [0, 0.1) is 0 Å². The van der Waals surface area contributed by atoms with Gasteiger partial charge in [-0.3, -0.25) is 9.59 Å². The Bertz CT molecular complexity index is 450. The maximum atomic E-state index is 12.0. The van der Waals surface area contributed by atoms with Gasteiger partial charge in [0.25, 0.3) is 0 Å². The highest BCUT2D eigenvalue weighted by Crippen LogP contribution is 2.14. The number of benzene rings is 1. The Morgan fingerprint density at radius 1 is 1.24 bits per heavy atom. The van der Waals surface area contributed by atoms with E-state index in [1.165, 1.54) is 17.3 Å². The number of hydrogen-bond donors (Lipinski definition) is 1. The molecule has 0 aliphatic heterocycles. The molecule has 0 radical (unpaired) electrons. The van der Waals surface area contributed by atoms with E-state index in [0.29, 0.717) is 13.2 Å². The highest BCUT2D eigenvalue weighted by atomic mass is 32.2. The lowest BCUT2D eigenvalue weighted by Crippen LogP contribution is -2.34. The molecule has 21 heavy (non-hydrogen) atoms. The smallest absolute Gasteiger partial charge is 0.315 e. The Kier molecular flexibility index (Phi) is 7.90. The van der Waals surface area contributed by atoms with Gasteiger partial charge >= 0.3 is 5.97 Å². The van der Waals surface area contributed by atoms with E-state index in [4.69, 9.17) is 4.74 Å². The number of hydrogen-bond acceptors (Lipinski definition) is 4. The number of carbonyl (C=O) groups excluding carboxylic acids is 2. The minimum Gasteiger partial charge on any atom is -0.465 e. The van der Waals surface area contributed by atoms with Gasteiger partial charge in [-0.05, 0) is 25.3 Å². The topological polar surface area (TPSA) is 55.4 Å². The Morgan fingerprint density at radius 3 is 2.52 bits per heavy atom. The van der Waals surface area contributed by atoms with Crippen LogP contribution in [0.25, 0.3) is 0 Å². The lowest BCUT2D eigenvalue weighted by Gasteiger charge is -2.15. The summed E-state index contributed by atoms with van der Waals surface area (Å²) >= 11 is 1.29. The fourth-order valence-electron chi connectivity index (χ4n) is 1.77. The maximum absolute atomic E-state index is 12.0. The minimum atomic E-state index is -0.278. The first kappa shape index (κ1) is 17.6. The third-order valence-corrected chi connectivity index (χ3v) is 4.19. The van der Waals surface area contributed by atoms with Crippen LogP contribution in [0.15, 0.2) is 30.3 Å². The molecule has 116 valence electrons. The van der Waals surface area contributed by atoms with E-state index in [1.807, 2.05) is 18.2 Å². The van der Waals surface area contributed by atoms with Gasteiger partial charge in [0.05, 0.1) is 17.6 Å². The molecule has 2 unspecified atom stereocenters. The van der Waals surface area contributed by atoms with Crippen molar-refractivity contribution in [3.05, 3.63) is 35.9 Å². The number of nitrogens with one attached hydrogen (secondary N) is 1. The lowest BCUT2D eigenvalue weighted by molar-refractivity contribution is -0.139. The van der Waals surface area contributed by atoms with Crippen molar-refractivity contribution in [1.82, 2.24) is 5.32 Å². The molecule has 0 aliphatic carbocycles. The Hall–Kier alpha value is -1.49. The van der Waals surface area contributed by atoms with Gasteiger partial charge in [0.2, 0.25) is 5.91 Å². The van der Waals surface area contributed by atoms with E-state index in [1.54, 1.807) is 13.8 Å². The first-order valence-corrected chi connectivity index (χ1v) is 8.19. The van der Waals surface area contributed by atoms with Gasteiger partial charge in [-0.2, -0.15) is 0 Å². The molecule has 4 nitrogen and oxygen atoms in total. The molecule has 0 bridgehead atoms. The molecule has 0 aliphatic rings. The van der Waals surface area contributed by atoms with Crippen molar-refractivity contribution < 1.29 is 14.3 Å². The lowest BCUT2D eigenvalue weighted by atomic mass is 10.0. The molecular weight excluding hydrogens is 286 g/mol. The molecule has 1 aromatic carbocycles. The van der Waals surface area contributed by atoms with Crippen molar-refractivity contribution in [2.45, 2.75) is 31.9 Å². The Labute approximate surface area is 130 Å². The summed E-state index contributed by atoms with van der Waals surface area (Å²) < 4.78 is 4.84. The first-order valence-electron chi connectivity index (χ1n) is 7.14. The second kappa shape index (κ2) is 9.45. The maximum Gasteiger partial charge on any atom is 0.315 e. The Balaban J connectivity index is 2.31. The van der Waals surface area contributed by atoms with Crippen LogP contribution in [0.4, 0.5) is 0 Å². The van der Waals surface area contributed by atoms with E-state index in [-0.39, 0.29) is 28.8 Å². The molecule has 0 spiro atoms. The van der Waals surface area contributed by atoms with Crippen LogP contribution >= 0.6 is 11.8 Å². The summed E-state index contributed by atoms with van der Waals surface area (Å²) in [6.07, 6.45) is 0. The molecular formula is C16H23NO3S. The predicted molar refractivity (Wildman–Crippen MR) is 86.4 cm³/mol. The molecule has 0 saturated heterocycles. The number of amides is 1. The molecule has 1 amide bonds. The van der Waals surface area contributed by atoms with Crippen LogP contribution < -0.4 is 5.32 Å². The number of carbonyl (C=O) groups is 2. The average molecular weight is 309 g/mol. The van der Waals surface area contributed by atoms with Crippen LogP contribution in [-0.4, -0.2) is 36.0 Å². The van der Waals surface area contributed by atoms with Crippen LogP contribution in [0.2, 0.25) is 0 Å². The monoisotopic (exact) mass is 309 g/mol. The minimum absolute atomic E-state index is 0.0490. The van der Waals surface area contributed by atoms with Gasteiger partial charge in [0.15, 0.2) is 0 Å². The van der Waals surface area contributed by atoms with Crippen LogP contribution in [-0.2, 0) is 14.3 Å². The van der Waals surface area contributed by atoms with Crippen LogP contribution in [0.1, 0.15) is 32.3 Å². The number of ether oxygens (including phenoxy) is 1. The summed E-state index contributed by atoms with van der Waals surface area (Å²) in [5.41, 5.74) is 1.20. The van der Waals surface area contributed by atoms with Gasteiger partial charge in [0.1, 0.15) is 0 Å². The van der Waals surface area contributed by atoms with Crippen molar-refractivity contribution in [2.75, 3.05) is 18.9 Å². The van der Waals surface area contributed by atoms with Crippen molar-refractivity contribution >= 4 is 23.6 Å². The van der Waals surface area contributed by atoms with E-state index >= 15 is 0 Å². The van der Waals surface area contributed by atoms with Crippen LogP contribution in [0.5, 0.6) is 0 Å². The fourth-order valence-corrected chi connectivity index (χ4v) is 2.47. The van der Waals surface area contributed by atoms with E-state index in [9.17, 15) is 9.59 Å². The quantitative estimate of drug-likeness (QED) is 0.750. The summed E-state index contributed by atoms with van der Waals surface area (Å²) in [6.45, 7) is 6.60. The summed E-state index contributed by atoms with van der Waals surface area (Å²) in [5.74, 6) is 0.140. The second-order valence-corrected chi connectivity index (χ2v) is 6.14. The second-order valence-electron chi connectivity index (χ2n) is 4.82. The van der Waals surface area contributed by atoms with Crippen molar-refractivity contribution in [2.24, 2.45) is 0 Å². The Morgan fingerprint density at radius 2 is 1.90 bits per heavy atom. The molecule has 0 saturated carbocycles. The third-order valence-electron chi connectivity index (χ3n) is 3.08. The zero-order valence-corrected chi connectivity index (χ0v) is 13.6. The summed E-state index contributed by atoms with van der Waals surface area (Å²) in [5, 5.41) is 2.66. The predicted octanol–water partition coefficient (Wildman–Crippen LogP) is 2.59. The molecule has 1 rings (SSSR count). The molecule has 5 heteroatoms.